The predicted molar refractivity (Wildman–Crippen MR) is 319 cm³/mol. The summed E-state index contributed by atoms with van der Waals surface area (Å²) in [5, 5.41) is 90.0. The van der Waals surface area contributed by atoms with Crippen molar-refractivity contribution >= 4 is 12.3 Å². The standard InChI is InChI=1S/C8H16O3.2C4H8O2.C4H6O2.C4H10O2.C4H9O2.C4H8O2.C4H8O.3C4H10O.C4H10.C4H8.CH4.4H2O.H2.H/c9-5-1-2-6-10-8-4-3-7-11-8;3*5-4-2-1-3-6-4;3*5-3-1-2-4-6;1-2-4-5-3-1;3*1-2-3-4-5;2*1-3-4-2;;;;;;;/h8-9H,1-7H2;2*4-5H,1-3H2;1-3H2;5-6H,1-4H2;1,5-6H,2-4H2;3,6H,1-2,4H2;1-4H2;3*5H,2-4H2,1H3;3-4H2,1-2H3;3-4H,1-2H3;1H4;4*1H2;1H;/q;;;;;+1;;;;;;;;;;;;;;-1/p-3/b;;;;;;;;;;;;4-3-;;;;;;;. The van der Waals surface area contributed by atoms with Crippen LogP contribution in [-0.2, 0) is 38.0 Å². The first-order valence-corrected chi connectivity index (χ1v) is 28.3. The monoisotopic (exact) mass is 1190 g/mol. The normalized spacial score (nSPS) is 15.9. The van der Waals surface area contributed by atoms with Gasteiger partial charge in [-0.2, -0.15) is 0 Å². The summed E-state index contributed by atoms with van der Waals surface area (Å²) in [5.41, 5.74) is 0. The number of ether oxygens (including phenoxy) is 6. The Balaban J connectivity index is -0.0000000419. The third-order valence-corrected chi connectivity index (χ3v) is 9.05. The maximum absolute atomic E-state index is 10.0. The van der Waals surface area contributed by atoms with Crippen molar-refractivity contribution in [2.45, 2.75) is 235 Å². The number of esters is 1. The molecule has 0 amide bonds. The molecule has 3 unspecified atom stereocenters. The van der Waals surface area contributed by atoms with Gasteiger partial charge < -0.3 is 113 Å². The van der Waals surface area contributed by atoms with Crippen LogP contribution >= 0.6 is 0 Å². The third-order valence-electron chi connectivity index (χ3n) is 9.05. The molecule has 23 nitrogen and oxygen atoms in total. The van der Waals surface area contributed by atoms with Crippen LogP contribution in [0, 0.1) is 6.42 Å². The highest BCUT2D eigenvalue weighted by atomic mass is 16.7. The van der Waals surface area contributed by atoms with Crippen molar-refractivity contribution in [3.05, 3.63) is 18.6 Å². The Morgan fingerprint density at radius 3 is 1.10 bits per heavy atom. The van der Waals surface area contributed by atoms with E-state index >= 15 is 0 Å². The van der Waals surface area contributed by atoms with E-state index in [-0.39, 0.29) is 85.5 Å². The second kappa shape index (κ2) is 119. The Hall–Kier alpha value is -2.05. The predicted octanol–water partition coefficient (Wildman–Crippen LogP) is 7.66. The van der Waals surface area contributed by atoms with Crippen LogP contribution < -0.4 is 0 Å². The van der Waals surface area contributed by atoms with Crippen molar-refractivity contribution in [2.75, 3.05) is 106 Å². The van der Waals surface area contributed by atoms with E-state index in [2.05, 4.69) is 39.4 Å². The summed E-state index contributed by atoms with van der Waals surface area (Å²) in [7, 11) is 0. The lowest BCUT2D eigenvalue weighted by Crippen LogP contribution is -2.11. The summed E-state index contributed by atoms with van der Waals surface area (Å²) in [4.78, 5) is 19.5. The second-order valence-corrected chi connectivity index (χ2v) is 16.4. The summed E-state index contributed by atoms with van der Waals surface area (Å²) < 4.78 is 29.5. The Morgan fingerprint density at radius 1 is 0.537 bits per heavy atom. The summed E-state index contributed by atoms with van der Waals surface area (Å²) in [6.07, 6.45) is 29.1. The van der Waals surface area contributed by atoms with E-state index in [4.69, 9.17) is 79.9 Å². The summed E-state index contributed by atoms with van der Waals surface area (Å²) in [6, 6.07) is 0. The van der Waals surface area contributed by atoms with Crippen LogP contribution in [0.4, 0.5) is 0 Å². The van der Waals surface area contributed by atoms with Gasteiger partial charge in [-0.15, -0.1) is 0 Å². The molecule has 0 aliphatic carbocycles. The molecule has 5 heterocycles. The molecule has 5 rings (SSSR count). The van der Waals surface area contributed by atoms with E-state index in [1.54, 1.807) is 6.42 Å². The first-order valence-electron chi connectivity index (χ1n) is 28.3. The minimum Gasteiger partial charge on any atom is -1.00 e. The molecule has 0 aromatic carbocycles. The largest absolute Gasteiger partial charge is 1.00 e. The van der Waals surface area contributed by atoms with Gasteiger partial charge in [-0.25, -0.2) is 0 Å². The molecular weight excluding hydrogens is 1050 g/mol. The zero-order chi connectivity index (χ0) is 58.4. The molecule has 0 spiro atoms. The van der Waals surface area contributed by atoms with Crippen LogP contribution in [0.15, 0.2) is 12.2 Å². The fraction of sp³-hybridized carbons (Fsp3) is 0.912. The number of hydrogen-bond donors (Lipinski definition) is 11. The van der Waals surface area contributed by atoms with Crippen LogP contribution in [0.5, 0.6) is 0 Å². The van der Waals surface area contributed by atoms with Gasteiger partial charge in [0.25, 0.3) is 0 Å². The highest BCUT2D eigenvalue weighted by Gasteiger charge is 2.15. The molecule has 5 aliphatic heterocycles. The van der Waals surface area contributed by atoms with E-state index in [9.17, 15) is 9.59 Å². The number of allylic oxidation sites excluding steroid dienone is 2. The molecule has 23 heteroatoms. The van der Waals surface area contributed by atoms with Gasteiger partial charge in [0.05, 0.1) is 13.2 Å². The van der Waals surface area contributed by atoms with Gasteiger partial charge in [-0.3, -0.25) is 4.79 Å². The average Bonchev–Trinajstić information content (AvgIpc) is 4.32. The van der Waals surface area contributed by atoms with Crippen molar-refractivity contribution < 1.29 is 120 Å². The number of aliphatic hydroxyl groups is 11. The van der Waals surface area contributed by atoms with E-state index in [1.165, 1.54) is 25.7 Å². The van der Waals surface area contributed by atoms with E-state index in [0.717, 1.165) is 148 Å². The molecule has 0 aromatic rings. The second-order valence-electron chi connectivity index (χ2n) is 16.4. The lowest BCUT2D eigenvalue weighted by molar-refractivity contribution is -0.138. The van der Waals surface area contributed by atoms with Crippen molar-refractivity contribution in [3.63, 3.8) is 0 Å². The zero-order valence-electron chi connectivity index (χ0n) is 52.5. The average molecular weight is 1190 g/mol. The highest BCUT2D eigenvalue weighted by molar-refractivity contribution is 5.70. The number of rotatable bonds is 21. The smallest absolute Gasteiger partial charge is 1.00 e. The Bertz CT molecular complexity index is 857. The number of cyclic esters (lactones) is 1. The Labute approximate surface area is 491 Å². The highest BCUT2D eigenvalue weighted by Crippen LogP contribution is 2.13. The minimum absolute atomic E-state index is 0. The molecule has 5 fully saturated rings. The molecule has 0 bridgehead atoms. The first-order chi connectivity index (χ1) is 36.4. The molecule has 5 aliphatic rings. The molecular formula is C57H133O23-3. The van der Waals surface area contributed by atoms with Gasteiger partial charge in [0.15, 0.2) is 25.5 Å². The van der Waals surface area contributed by atoms with Crippen molar-refractivity contribution in [1.82, 2.24) is 0 Å². The third kappa shape index (κ3) is 147. The molecule has 3 atom stereocenters. The lowest BCUT2D eigenvalue weighted by atomic mass is 10.3. The van der Waals surface area contributed by atoms with Crippen LogP contribution in [0.3, 0.4) is 0 Å². The summed E-state index contributed by atoms with van der Waals surface area (Å²) >= 11 is 0. The van der Waals surface area contributed by atoms with Gasteiger partial charge in [-0.05, 0) is 104 Å². The molecule has 0 aromatic heterocycles. The molecule has 5 saturated heterocycles. The fourth-order valence-corrected chi connectivity index (χ4v) is 4.27. The topological polar surface area (TPSA) is 432 Å². The van der Waals surface area contributed by atoms with Gasteiger partial charge in [0.1, 0.15) is 19.1 Å². The van der Waals surface area contributed by atoms with Crippen LogP contribution in [0.2, 0.25) is 0 Å². The molecule has 15 N–H and O–H groups in total. The Kier molecular flexibility index (Phi) is 163. The van der Waals surface area contributed by atoms with Crippen molar-refractivity contribution in [1.29, 1.82) is 0 Å². The minimum atomic E-state index is -0.454. The number of carbonyl (C=O) groups is 2. The number of hydrogen-bond acceptors (Lipinski definition) is 23. The summed E-state index contributed by atoms with van der Waals surface area (Å²) in [5.74, 6) is -0.0463. The van der Waals surface area contributed by atoms with E-state index in [0.29, 0.717) is 58.7 Å². The van der Waals surface area contributed by atoms with Crippen LogP contribution in [-0.4, -0.2) is 215 Å². The van der Waals surface area contributed by atoms with Gasteiger partial charge >= 0.3 is 7.40 Å². The number of aliphatic hydroxyl groups excluding tert-OH is 11. The van der Waals surface area contributed by atoms with Crippen LogP contribution in [0.1, 0.15) is 221 Å². The van der Waals surface area contributed by atoms with E-state index < -0.39 is 12.6 Å². The first kappa shape index (κ1) is 109. The van der Waals surface area contributed by atoms with Crippen molar-refractivity contribution in [3.8, 4) is 0 Å². The fourth-order valence-electron chi connectivity index (χ4n) is 4.27. The SMILES string of the molecule is C.C/C=C\C.C1CCOC1.CCCC.CCCCO.CCCCO.CCCCO.O=C1CCCO1.O=CCCCO.OC1CCCO1.OC1CCCO1.OCCCCO.OCCCCOC1CCCO1.OC[CH+]CCO.[H+].[H-].[HH].[OH-].[OH-].[OH-].[OH-]. The lowest BCUT2D eigenvalue weighted by Gasteiger charge is -2.09. The van der Waals surface area contributed by atoms with E-state index in [1.807, 2.05) is 26.0 Å². The Morgan fingerprint density at radius 2 is 0.938 bits per heavy atom. The number of carbonyl (C=O) groups excluding carboxylic acids is 2. The maximum atomic E-state index is 10.0. The molecule has 80 heavy (non-hydrogen) atoms. The number of unbranched alkanes of at least 4 members (excludes halogenated alkanes) is 8. The van der Waals surface area contributed by atoms with Gasteiger partial charge in [0.2, 0.25) is 0 Å². The molecule has 0 radical (unpaired) electrons. The summed E-state index contributed by atoms with van der Waals surface area (Å²) in [6.45, 7) is 22.2. The van der Waals surface area contributed by atoms with Gasteiger partial charge in [0, 0.05) is 119 Å². The maximum Gasteiger partial charge on any atom is 1.00 e. The number of aldehydes is 1. The van der Waals surface area contributed by atoms with Crippen LogP contribution in [0.25, 0.3) is 0 Å². The quantitative estimate of drug-likeness (QED) is 0.0173. The zero-order valence-corrected chi connectivity index (χ0v) is 50.5. The molecule has 0 saturated carbocycles. The van der Waals surface area contributed by atoms with Crippen molar-refractivity contribution in [2.24, 2.45) is 0 Å². The van der Waals surface area contributed by atoms with Gasteiger partial charge in [-0.1, -0.05) is 86.3 Å². The molecule has 502 valence electrons.